The van der Waals surface area contributed by atoms with Crippen LogP contribution in [0.3, 0.4) is 0 Å². The monoisotopic (exact) mass is 406 g/mol. The molecule has 0 unspecified atom stereocenters. The summed E-state index contributed by atoms with van der Waals surface area (Å²) in [5.41, 5.74) is 0.448. The number of ether oxygens (including phenoxy) is 1. The van der Waals surface area contributed by atoms with Crippen molar-refractivity contribution in [2.24, 2.45) is 11.8 Å². The van der Waals surface area contributed by atoms with Crippen molar-refractivity contribution in [3.05, 3.63) is 6.33 Å². The number of halogens is 1. The van der Waals surface area contributed by atoms with Crippen molar-refractivity contribution in [2.75, 3.05) is 24.3 Å². The highest BCUT2D eigenvalue weighted by molar-refractivity contribution is 5.92. The summed E-state index contributed by atoms with van der Waals surface area (Å²) in [6.07, 6.45) is 0.974. The van der Waals surface area contributed by atoms with E-state index in [0.717, 1.165) is 12.8 Å². The Balaban J connectivity index is 2.10. The Morgan fingerprint density at radius 1 is 1.34 bits per heavy atom. The third-order valence-corrected chi connectivity index (χ3v) is 5.99. The fourth-order valence-corrected chi connectivity index (χ4v) is 3.93. The zero-order chi connectivity index (χ0) is 21.5. The first kappa shape index (κ1) is 21.4. The molecule has 3 rings (SSSR count). The zero-order valence-corrected chi connectivity index (χ0v) is 18.2. The number of hydrogen-bond donors (Lipinski definition) is 1. The molecule has 29 heavy (non-hydrogen) atoms. The lowest BCUT2D eigenvalue weighted by atomic mass is 9.83. The quantitative estimate of drug-likeness (QED) is 0.790. The van der Waals surface area contributed by atoms with Gasteiger partial charge >= 0.3 is 0 Å². The molecule has 2 aromatic rings. The molecule has 1 saturated heterocycles. The van der Waals surface area contributed by atoms with Gasteiger partial charge in [-0.1, -0.05) is 34.6 Å². The number of rotatable bonds is 6. The fraction of sp³-hybridized carbons (Fsp3) is 0.700. The zero-order valence-electron chi connectivity index (χ0n) is 18.2. The van der Waals surface area contributed by atoms with E-state index >= 15 is 4.39 Å². The van der Waals surface area contributed by atoms with Crippen LogP contribution in [0.4, 0.5) is 16.2 Å². The van der Waals surface area contributed by atoms with E-state index in [1.54, 1.807) is 29.6 Å². The molecule has 9 heteroatoms. The van der Waals surface area contributed by atoms with Crippen LogP contribution in [-0.2, 0) is 9.53 Å². The minimum Gasteiger partial charge on any atom is -0.361 e. The van der Waals surface area contributed by atoms with Gasteiger partial charge in [0, 0.05) is 25.9 Å². The minimum absolute atomic E-state index is 0.167. The summed E-state index contributed by atoms with van der Waals surface area (Å²) in [4.78, 5) is 27.3. The number of imidazole rings is 1. The van der Waals surface area contributed by atoms with Crippen LogP contribution in [0.25, 0.3) is 11.2 Å². The van der Waals surface area contributed by atoms with Crippen molar-refractivity contribution >= 4 is 28.8 Å². The highest BCUT2D eigenvalue weighted by Gasteiger charge is 2.52. The molecule has 1 aliphatic rings. The van der Waals surface area contributed by atoms with Gasteiger partial charge in [0.2, 0.25) is 11.9 Å². The second-order valence-electron chi connectivity index (χ2n) is 8.25. The number of fused-ring (bicyclic) bond motifs is 1. The summed E-state index contributed by atoms with van der Waals surface area (Å²) >= 11 is 0. The lowest BCUT2D eigenvalue weighted by Crippen LogP contribution is -2.34. The van der Waals surface area contributed by atoms with Crippen LogP contribution in [0.5, 0.6) is 0 Å². The molecule has 1 N–H and O–H groups in total. The fourth-order valence-electron chi connectivity index (χ4n) is 3.93. The molecule has 0 radical (unpaired) electrons. The summed E-state index contributed by atoms with van der Waals surface area (Å²) in [5, 5.41) is 2.73. The van der Waals surface area contributed by atoms with E-state index in [1.165, 1.54) is 0 Å². The van der Waals surface area contributed by atoms with E-state index in [-0.39, 0.29) is 23.7 Å². The number of nitrogens with one attached hydrogen (secondary N) is 1. The van der Waals surface area contributed by atoms with Gasteiger partial charge in [-0.3, -0.25) is 14.7 Å². The van der Waals surface area contributed by atoms with E-state index in [1.807, 2.05) is 34.9 Å². The molecule has 1 aliphatic heterocycles. The standard InChI is InChI=1S/C20H31FN6O2/c1-8-20(9-2)12(5)13(21)18(29-20)27-10-22-14-15(26(6)7)23-19(24-16(14)27)25-17(28)11(3)4/h10-13,18H,8-9H2,1-7H3,(H,23,24,25,28)/t12-,13+,18+/m0/s1. The average Bonchev–Trinajstić information content (AvgIpc) is 3.21. The summed E-state index contributed by atoms with van der Waals surface area (Å²) < 4.78 is 23.2. The van der Waals surface area contributed by atoms with E-state index in [2.05, 4.69) is 20.3 Å². The molecule has 0 aromatic carbocycles. The Morgan fingerprint density at radius 3 is 2.52 bits per heavy atom. The largest absolute Gasteiger partial charge is 0.361 e. The summed E-state index contributed by atoms with van der Waals surface area (Å²) in [7, 11) is 3.67. The average molecular weight is 407 g/mol. The van der Waals surface area contributed by atoms with Gasteiger partial charge in [0.15, 0.2) is 29.4 Å². The molecule has 1 fully saturated rings. The van der Waals surface area contributed by atoms with E-state index in [9.17, 15) is 4.79 Å². The Labute approximate surface area is 170 Å². The van der Waals surface area contributed by atoms with Crippen molar-refractivity contribution in [1.29, 1.82) is 0 Å². The molecule has 0 aliphatic carbocycles. The number of aromatic nitrogens is 4. The molecular formula is C20H31FN6O2. The van der Waals surface area contributed by atoms with Crippen LogP contribution < -0.4 is 10.2 Å². The van der Waals surface area contributed by atoms with Crippen LogP contribution in [0.15, 0.2) is 6.33 Å². The van der Waals surface area contributed by atoms with Gasteiger partial charge in [-0.2, -0.15) is 9.97 Å². The molecule has 2 aromatic heterocycles. The Kier molecular flexibility index (Phi) is 5.80. The number of amides is 1. The summed E-state index contributed by atoms with van der Waals surface area (Å²) in [5.74, 6) is 0.0539. The van der Waals surface area contributed by atoms with Crippen LogP contribution >= 0.6 is 0 Å². The summed E-state index contributed by atoms with van der Waals surface area (Å²) in [6, 6.07) is 0. The van der Waals surface area contributed by atoms with Gasteiger partial charge in [0.1, 0.15) is 0 Å². The second-order valence-corrected chi connectivity index (χ2v) is 8.25. The molecule has 0 spiro atoms. The van der Waals surface area contributed by atoms with Crippen LogP contribution in [0, 0.1) is 11.8 Å². The Hall–Kier alpha value is -2.29. The number of carbonyl (C=O) groups is 1. The van der Waals surface area contributed by atoms with Crippen molar-refractivity contribution in [1.82, 2.24) is 19.5 Å². The van der Waals surface area contributed by atoms with E-state index in [0.29, 0.717) is 17.0 Å². The Morgan fingerprint density at radius 2 is 2.00 bits per heavy atom. The maximum Gasteiger partial charge on any atom is 0.233 e. The van der Waals surface area contributed by atoms with E-state index < -0.39 is 18.0 Å². The van der Waals surface area contributed by atoms with Crippen LogP contribution in [-0.4, -0.2) is 51.3 Å². The first-order valence-electron chi connectivity index (χ1n) is 10.2. The Bertz CT molecular complexity index is 892. The van der Waals surface area contributed by atoms with Crippen molar-refractivity contribution in [2.45, 2.75) is 65.5 Å². The molecular weight excluding hydrogens is 375 g/mol. The smallest absolute Gasteiger partial charge is 0.233 e. The normalized spacial score (nSPS) is 23.7. The number of alkyl halides is 1. The highest BCUT2D eigenvalue weighted by Crippen LogP contribution is 2.47. The minimum atomic E-state index is -1.20. The lowest BCUT2D eigenvalue weighted by Gasteiger charge is -2.30. The molecule has 1 amide bonds. The molecule has 0 bridgehead atoms. The first-order chi connectivity index (χ1) is 13.6. The van der Waals surface area contributed by atoms with Gasteiger partial charge in [-0.05, 0) is 12.8 Å². The molecule has 0 saturated carbocycles. The second kappa shape index (κ2) is 7.85. The molecule has 3 heterocycles. The van der Waals surface area contributed by atoms with Crippen molar-refractivity contribution < 1.29 is 13.9 Å². The lowest BCUT2D eigenvalue weighted by molar-refractivity contribution is -0.118. The molecule has 8 nitrogen and oxygen atoms in total. The number of anilines is 2. The third-order valence-electron chi connectivity index (χ3n) is 5.99. The van der Waals surface area contributed by atoms with Gasteiger partial charge in [-0.25, -0.2) is 9.37 Å². The van der Waals surface area contributed by atoms with Crippen molar-refractivity contribution in [3.63, 3.8) is 0 Å². The SMILES string of the molecule is CCC1(CC)O[C@@H](n2cnc3c(N(C)C)nc(NC(=O)C(C)C)nc32)[C@H](F)[C@@H]1C. The van der Waals surface area contributed by atoms with Gasteiger partial charge in [0.05, 0.1) is 11.9 Å². The van der Waals surface area contributed by atoms with Crippen molar-refractivity contribution in [3.8, 4) is 0 Å². The number of hydrogen-bond acceptors (Lipinski definition) is 6. The van der Waals surface area contributed by atoms with E-state index in [4.69, 9.17) is 4.74 Å². The maximum absolute atomic E-state index is 15.3. The number of nitrogens with zero attached hydrogens (tertiary/aromatic N) is 5. The van der Waals surface area contributed by atoms with Crippen LogP contribution in [0.1, 0.15) is 53.7 Å². The predicted molar refractivity (Wildman–Crippen MR) is 111 cm³/mol. The first-order valence-corrected chi connectivity index (χ1v) is 10.2. The topological polar surface area (TPSA) is 85.2 Å². The predicted octanol–water partition coefficient (Wildman–Crippen LogP) is 3.55. The van der Waals surface area contributed by atoms with Gasteiger partial charge in [0.25, 0.3) is 0 Å². The maximum atomic E-state index is 15.3. The van der Waals surface area contributed by atoms with Gasteiger partial charge in [-0.15, -0.1) is 0 Å². The summed E-state index contributed by atoms with van der Waals surface area (Å²) in [6.45, 7) is 9.52. The molecule has 3 atom stereocenters. The van der Waals surface area contributed by atoms with Crippen LogP contribution in [0.2, 0.25) is 0 Å². The van der Waals surface area contributed by atoms with Gasteiger partial charge < -0.3 is 9.64 Å². The highest BCUT2D eigenvalue weighted by atomic mass is 19.1. The number of carbonyl (C=O) groups excluding carboxylic acids is 1. The third kappa shape index (κ3) is 3.56. The molecule has 160 valence electrons.